The van der Waals surface area contributed by atoms with Gasteiger partial charge in [-0.3, -0.25) is 4.90 Å². The zero-order valence-corrected chi connectivity index (χ0v) is 12.0. The van der Waals surface area contributed by atoms with Crippen LogP contribution >= 0.6 is 0 Å². The predicted molar refractivity (Wildman–Crippen MR) is 73.1 cm³/mol. The van der Waals surface area contributed by atoms with Gasteiger partial charge in [0.1, 0.15) is 0 Å². The lowest BCUT2D eigenvalue weighted by Crippen LogP contribution is -2.55. The molecule has 3 nitrogen and oxygen atoms in total. The Morgan fingerprint density at radius 1 is 1.41 bits per heavy atom. The van der Waals surface area contributed by atoms with Crippen molar-refractivity contribution in [3.63, 3.8) is 0 Å². The zero-order chi connectivity index (χ0) is 12.9. The highest BCUT2D eigenvalue weighted by molar-refractivity contribution is 5.02. The van der Waals surface area contributed by atoms with Crippen molar-refractivity contribution in [1.29, 1.82) is 0 Å². The summed E-state index contributed by atoms with van der Waals surface area (Å²) >= 11 is 0. The summed E-state index contributed by atoms with van der Waals surface area (Å²) in [6.07, 6.45) is 5.20. The molecule has 102 valence electrons. The first-order valence-corrected chi connectivity index (χ1v) is 6.97. The minimum Gasteiger partial charge on any atom is -0.383 e. The quantitative estimate of drug-likeness (QED) is 0.673. The van der Waals surface area contributed by atoms with Crippen molar-refractivity contribution < 1.29 is 4.74 Å². The van der Waals surface area contributed by atoms with Crippen LogP contribution in [-0.4, -0.2) is 44.3 Å². The van der Waals surface area contributed by atoms with Crippen LogP contribution in [0.4, 0.5) is 0 Å². The lowest BCUT2D eigenvalue weighted by atomic mass is 9.84. The van der Waals surface area contributed by atoms with Gasteiger partial charge >= 0.3 is 0 Å². The van der Waals surface area contributed by atoms with E-state index in [-0.39, 0.29) is 5.54 Å². The molecule has 0 aromatic carbocycles. The molecular weight excluding hydrogens is 212 g/mol. The summed E-state index contributed by atoms with van der Waals surface area (Å²) in [5, 5.41) is 0. The minimum atomic E-state index is 0.225. The summed E-state index contributed by atoms with van der Waals surface area (Å²) in [4.78, 5) is 2.45. The lowest BCUT2D eigenvalue weighted by Gasteiger charge is -2.42. The Morgan fingerprint density at radius 2 is 2.06 bits per heavy atom. The van der Waals surface area contributed by atoms with Crippen molar-refractivity contribution in [2.45, 2.75) is 45.1 Å². The number of likely N-dealkylation sites (N-methyl/N-ethyl adjacent to an activating group) is 1. The molecule has 1 aliphatic rings. The van der Waals surface area contributed by atoms with E-state index in [1.807, 2.05) is 0 Å². The first-order valence-electron chi connectivity index (χ1n) is 6.97. The average molecular weight is 242 g/mol. The highest BCUT2D eigenvalue weighted by Gasteiger charge is 2.46. The molecule has 0 aromatic rings. The van der Waals surface area contributed by atoms with Crippen LogP contribution in [0.2, 0.25) is 0 Å². The number of methoxy groups -OCH3 is 1. The van der Waals surface area contributed by atoms with Crippen molar-refractivity contribution in [3.8, 4) is 0 Å². The van der Waals surface area contributed by atoms with E-state index in [9.17, 15) is 0 Å². The van der Waals surface area contributed by atoms with Crippen LogP contribution in [0.3, 0.4) is 0 Å². The first kappa shape index (κ1) is 14.9. The molecule has 17 heavy (non-hydrogen) atoms. The monoisotopic (exact) mass is 242 g/mol. The molecule has 1 rings (SSSR count). The Labute approximate surface area is 107 Å². The fourth-order valence-electron chi connectivity index (χ4n) is 2.74. The van der Waals surface area contributed by atoms with E-state index in [0.717, 1.165) is 31.5 Å². The van der Waals surface area contributed by atoms with E-state index in [1.54, 1.807) is 7.11 Å². The molecule has 0 aromatic heterocycles. The van der Waals surface area contributed by atoms with Gasteiger partial charge in [-0.05, 0) is 44.6 Å². The summed E-state index contributed by atoms with van der Waals surface area (Å²) in [5.41, 5.74) is 6.35. The Kier molecular flexibility index (Phi) is 5.90. The third-order valence-electron chi connectivity index (χ3n) is 4.24. The average Bonchev–Trinajstić information content (AvgIpc) is 3.12. The molecule has 3 heteroatoms. The maximum atomic E-state index is 6.13. The lowest BCUT2D eigenvalue weighted by molar-refractivity contribution is 0.0565. The SMILES string of the molecule is COCCN(C)C(CN)(CCC(C)C)C1CC1. The van der Waals surface area contributed by atoms with E-state index in [4.69, 9.17) is 10.5 Å². The van der Waals surface area contributed by atoms with Crippen molar-refractivity contribution in [2.24, 2.45) is 17.6 Å². The minimum absolute atomic E-state index is 0.225. The van der Waals surface area contributed by atoms with Crippen LogP contribution < -0.4 is 5.73 Å². The van der Waals surface area contributed by atoms with Gasteiger partial charge in [-0.2, -0.15) is 0 Å². The molecular formula is C14H30N2O. The van der Waals surface area contributed by atoms with Gasteiger partial charge in [-0.1, -0.05) is 13.8 Å². The maximum absolute atomic E-state index is 6.13. The number of hydrogen-bond acceptors (Lipinski definition) is 3. The highest BCUT2D eigenvalue weighted by atomic mass is 16.5. The number of nitrogens with zero attached hydrogens (tertiary/aromatic N) is 1. The summed E-state index contributed by atoms with van der Waals surface area (Å²) in [6, 6.07) is 0. The van der Waals surface area contributed by atoms with Crippen LogP contribution in [0, 0.1) is 11.8 Å². The normalized spacial score (nSPS) is 19.9. The van der Waals surface area contributed by atoms with E-state index in [1.165, 1.54) is 25.7 Å². The zero-order valence-electron chi connectivity index (χ0n) is 12.0. The second-order valence-corrected chi connectivity index (χ2v) is 5.93. The molecule has 0 amide bonds. The molecule has 0 aliphatic heterocycles. The van der Waals surface area contributed by atoms with Crippen molar-refractivity contribution >= 4 is 0 Å². The summed E-state index contributed by atoms with van der Waals surface area (Å²) in [5.74, 6) is 1.57. The van der Waals surface area contributed by atoms with Gasteiger partial charge < -0.3 is 10.5 Å². The molecule has 1 atom stereocenters. The predicted octanol–water partition coefficient (Wildman–Crippen LogP) is 2.11. The van der Waals surface area contributed by atoms with E-state index >= 15 is 0 Å². The second-order valence-electron chi connectivity index (χ2n) is 5.93. The van der Waals surface area contributed by atoms with Crippen molar-refractivity contribution in [2.75, 3.05) is 33.9 Å². The molecule has 1 aliphatic carbocycles. The Hall–Kier alpha value is -0.120. The van der Waals surface area contributed by atoms with Gasteiger partial charge in [-0.15, -0.1) is 0 Å². The van der Waals surface area contributed by atoms with Crippen LogP contribution in [-0.2, 0) is 4.74 Å². The summed E-state index contributed by atoms with van der Waals surface area (Å²) in [6.45, 7) is 7.16. The number of nitrogens with two attached hydrogens (primary N) is 1. The Balaban J connectivity index is 2.62. The number of ether oxygens (including phenoxy) is 1. The molecule has 0 radical (unpaired) electrons. The number of hydrogen-bond donors (Lipinski definition) is 1. The van der Waals surface area contributed by atoms with Gasteiger partial charge in [0.05, 0.1) is 6.61 Å². The van der Waals surface area contributed by atoms with Gasteiger partial charge in [0.2, 0.25) is 0 Å². The highest BCUT2D eigenvalue weighted by Crippen LogP contribution is 2.45. The maximum Gasteiger partial charge on any atom is 0.0589 e. The molecule has 0 bridgehead atoms. The van der Waals surface area contributed by atoms with E-state index in [2.05, 4.69) is 25.8 Å². The standard InChI is InChI=1S/C14H30N2O/c1-12(2)7-8-14(11-15,13-5-6-13)16(3)9-10-17-4/h12-13H,5-11,15H2,1-4H3. The third-order valence-corrected chi connectivity index (χ3v) is 4.24. The van der Waals surface area contributed by atoms with E-state index in [0.29, 0.717) is 0 Å². The van der Waals surface area contributed by atoms with Crippen LogP contribution in [0.25, 0.3) is 0 Å². The molecule has 1 fully saturated rings. The largest absolute Gasteiger partial charge is 0.383 e. The topological polar surface area (TPSA) is 38.5 Å². The van der Waals surface area contributed by atoms with Crippen LogP contribution in [0.5, 0.6) is 0 Å². The third kappa shape index (κ3) is 3.94. The Morgan fingerprint density at radius 3 is 2.47 bits per heavy atom. The summed E-state index contributed by atoms with van der Waals surface area (Å²) < 4.78 is 5.20. The second kappa shape index (κ2) is 6.72. The van der Waals surface area contributed by atoms with Gasteiger partial charge in [0.25, 0.3) is 0 Å². The smallest absolute Gasteiger partial charge is 0.0589 e. The fraction of sp³-hybridized carbons (Fsp3) is 1.00. The van der Waals surface area contributed by atoms with Crippen molar-refractivity contribution in [3.05, 3.63) is 0 Å². The van der Waals surface area contributed by atoms with Crippen LogP contribution in [0.1, 0.15) is 39.5 Å². The molecule has 0 saturated heterocycles. The molecule has 2 N–H and O–H groups in total. The van der Waals surface area contributed by atoms with Crippen molar-refractivity contribution in [1.82, 2.24) is 4.90 Å². The fourth-order valence-corrected chi connectivity index (χ4v) is 2.74. The van der Waals surface area contributed by atoms with E-state index < -0.39 is 0 Å². The van der Waals surface area contributed by atoms with Crippen LogP contribution in [0.15, 0.2) is 0 Å². The Bertz CT molecular complexity index is 216. The summed E-state index contributed by atoms with van der Waals surface area (Å²) in [7, 11) is 3.98. The molecule has 0 spiro atoms. The number of rotatable bonds is 9. The first-order chi connectivity index (χ1) is 8.06. The van der Waals surface area contributed by atoms with Gasteiger partial charge in [0.15, 0.2) is 0 Å². The van der Waals surface area contributed by atoms with Gasteiger partial charge in [-0.25, -0.2) is 0 Å². The molecule has 0 heterocycles. The molecule has 1 unspecified atom stereocenters. The van der Waals surface area contributed by atoms with Gasteiger partial charge in [0, 0.05) is 25.7 Å². The molecule has 1 saturated carbocycles.